The largest absolute Gasteiger partial charge is 0.298 e. The van der Waals surface area contributed by atoms with E-state index in [0.29, 0.717) is 12.0 Å². The average molecular weight is 372 g/mol. The highest BCUT2D eigenvalue weighted by Crippen LogP contribution is 2.26. The summed E-state index contributed by atoms with van der Waals surface area (Å²) in [6.45, 7) is 4.13. The Kier molecular flexibility index (Phi) is 6.51. The zero-order valence-corrected chi connectivity index (χ0v) is 16.3. The monoisotopic (exact) mass is 371 g/mol. The summed E-state index contributed by atoms with van der Waals surface area (Å²) in [6, 6.07) is 32.8. The molecule has 3 heteroatoms. The summed E-state index contributed by atoms with van der Waals surface area (Å²) in [5.74, 6) is 0.543. The lowest BCUT2D eigenvalue weighted by Crippen LogP contribution is -2.34. The summed E-state index contributed by atoms with van der Waals surface area (Å²) in [4.78, 5) is 2.61. The molecular weight excluding hydrogens is 342 g/mol. The number of hydrazine groups is 1. The van der Waals surface area contributed by atoms with Gasteiger partial charge in [-0.25, -0.2) is 5.43 Å². The maximum absolute atomic E-state index is 3.49. The summed E-state index contributed by atoms with van der Waals surface area (Å²) in [5.41, 5.74) is 11.0. The minimum Gasteiger partial charge on any atom is -0.298 e. The van der Waals surface area contributed by atoms with Crippen LogP contribution in [0.3, 0.4) is 0 Å². The van der Waals surface area contributed by atoms with Crippen molar-refractivity contribution in [2.24, 2.45) is 5.92 Å². The molecular formula is C25H29N3. The van der Waals surface area contributed by atoms with E-state index in [1.54, 1.807) is 0 Å². The van der Waals surface area contributed by atoms with Crippen molar-refractivity contribution < 1.29 is 0 Å². The lowest BCUT2D eigenvalue weighted by Gasteiger charge is -2.28. The number of rotatable bonds is 8. The summed E-state index contributed by atoms with van der Waals surface area (Å²) in [6.07, 6.45) is 1.08. The van der Waals surface area contributed by atoms with Gasteiger partial charge in [-0.2, -0.15) is 0 Å². The molecule has 1 heterocycles. The van der Waals surface area contributed by atoms with Crippen LogP contribution < -0.4 is 10.9 Å². The summed E-state index contributed by atoms with van der Waals surface area (Å²) in [5, 5.41) is 0. The van der Waals surface area contributed by atoms with Crippen LogP contribution in [0.2, 0.25) is 0 Å². The smallest absolute Gasteiger partial charge is 0.0515 e. The van der Waals surface area contributed by atoms with Crippen molar-refractivity contribution in [1.82, 2.24) is 15.8 Å². The topological polar surface area (TPSA) is 27.3 Å². The highest BCUT2D eigenvalue weighted by atomic mass is 15.4. The van der Waals surface area contributed by atoms with Crippen molar-refractivity contribution in [2.45, 2.75) is 19.0 Å². The van der Waals surface area contributed by atoms with Gasteiger partial charge in [0.05, 0.1) is 6.04 Å². The Balaban J connectivity index is 1.46. The molecule has 2 N–H and O–H groups in total. The molecule has 0 radical (unpaired) electrons. The van der Waals surface area contributed by atoms with Crippen LogP contribution in [0.4, 0.5) is 0 Å². The maximum atomic E-state index is 3.49. The molecule has 0 saturated carbocycles. The van der Waals surface area contributed by atoms with Crippen LogP contribution in [-0.2, 0) is 13.0 Å². The lowest BCUT2D eigenvalue weighted by molar-refractivity contribution is 0.220. The molecule has 144 valence electrons. The Morgan fingerprint density at radius 2 is 1.36 bits per heavy atom. The number of benzene rings is 3. The second kappa shape index (κ2) is 9.65. The first kappa shape index (κ1) is 18.9. The molecule has 3 aromatic carbocycles. The Morgan fingerprint density at radius 3 is 2.04 bits per heavy atom. The molecule has 0 aromatic heterocycles. The first-order valence-corrected chi connectivity index (χ1v) is 10.2. The van der Waals surface area contributed by atoms with Crippen LogP contribution in [0, 0.1) is 5.92 Å². The first-order chi connectivity index (χ1) is 13.9. The van der Waals surface area contributed by atoms with Crippen LogP contribution >= 0.6 is 0 Å². The molecule has 3 aromatic rings. The number of hydrogen-bond donors (Lipinski definition) is 2. The van der Waals surface area contributed by atoms with Crippen molar-refractivity contribution in [1.29, 1.82) is 0 Å². The van der Waals surface area contributed by atoms with Gasteiger partial charge in [0.1, 0.15) is 0 Å². The SMILES string of the molecule is c1ccc(CCN(Cc2ccccc2)CC2CNNC2c2ccccc2)cc1. The predicted molar refractivity (Wildman–Crippen MR) is 116 cm³/mol. The molecule has 2 atom stereocenters. The third kappa shape index (κ3) is 5.08. The van der Waals surface area contributed by atoms with Crippen LogP contribution in [-0.4, -0.2) is 24.5 Å². The summed E-state index contributed by atoms with van der Waals surface area (Å²) in [7, 11) is 0. The fourth-order valence-electron chi connectivity index (χ4n) is 4.06. The van der Waals surface area contributed by atoms with Gasteiger partial charge < -0.3 is 0 Å². The van der Waals surface area contributed by atoms with E-state index in [-0.39, 0.29) is 0 Å². The summed E-state index contributed by atoms with van der Waals surface area (Å²) < 4.78 is 0. The maximum Gasteiger partial charge on any atom is 0.0515 e. The van der Waals surface area contributed by atoms with E-state index < -0.39 is 0 Å². The third-order valence-corrected chi connectivity index (χ3v) is 5.55. The first-order valence-electron chi connectivity index (χ1n) is 10.2. The molecule has 0 spiro atoms. The van der Waals surface area contributed by atoms with Crippen LogP contribution in [0.15, 0.2) is 91.0 Å². The van der Waals surface area contributed by atoms with E-state index in [4.69, 9.17) is 0 Å². The van der Waals surface area contributed by atoms with Gasteiger partial charge in [0.25, 0.3) is 0 Å². The van der Waals surface area contributed by atoms with E-state index in [2.05, 4.69) is 107 Å². The Bertz CT molecular complexity index is 820. The molecule has 0 bridgehead atoms. The molecule has 3 nitrogen and oxygen atoms in total. The zero-order chi connectivity index (χ0) is 19.0. The van der Waals surface area contributed by atoms with E-state index in [9.17, 15) is 0 Å². The lowest BCUT2D eigenvalue weighted by atomic mass is 9.94. The van der Waals surface area contributed by atoms with E-state index in [1.165, 1.54) is 16.7 Å². The van der Waals surface area contributed by atoms with Crippen molar-refractivity contribution >= 4 is 0 Å². The second-order valence-corrected chi connectivity index (χ2v) is 7.63. The van der Waals surface area contributed by atoms with Gasteiger partial charge >= 0.3 is 0 Å². The molecule has 1 fully saturated rings. The molecule has 0 amide bonds. The molecule has 2 unspecified atom stereocenters. The van der Waals surface area contributed by atoms with E-state index in [0.717, 1.165) is 32.6 Å². The Labute approximate surface area is 168 Å². The minimum atomic E-state index is 0.358. The highest BCUT2D eigenvalue weighted by Gasteiger charge is 2.29. The van der Waals surface area contributed by atoms with Gasteiger partial charge in [0.2, 0.25) is 0 Å². The van der Waals surface area contributed by atoms with Gasteiger partial charge in [-0.15, -0.1) is 0 Å². The molecule has 1 aliphatic rings. The third-order valence-electron chi connectivity index (χ3n) is 5.55. The highest BCUT2D eigenvalue weighted by molar-refractivity contribution is 5.21. The van der Waals surface area contributed by atoms with Crippen molar-refractivity contribution in [3.8, 4) is 0 Å². The van der Waals surface area contributed by atoms with Gasteiger partial charge in [-0.05, 0) is 23.1 Å². The molecule has 4 rings (SSSR count). The molecule has 28 heavy (non-hydrogen) atoms. The van der Waals surface area contributed by atoms with Crippen molar-refractivity contribution in [2.75, 3.05) is 19.6 Å². The number of hydrogen-bond acceptors (Lipinski definition) is 3. The van der Waals surface area contributed by atoms with E-state index in [1.807, 2.05) is 0 Å². The average Bonchev–Trinajstić information content (AvgIpc) is 3.22. The van der Waals surface area contributed by atoms with Gasteiger partial charge in [0.15, 0.2) is 0 Å². The van der Waals surface area contributed by atoms with E-state index >= 15 is 0 Å². The molecule has 0 aliphatic carbocycles. The quantitative estimate of drug-likeness (QED) is 0.621. The fourth-order valence-corrected chi connectivity index (χ4v) is 4.06. The van der Waals surface area contributed by atoms with Crippen LogP contribution in [0.25, 0.3) is 0 Å². The standard InChI is InChI=1S/C25H29N3/c1-4-10-21(11-5-1)16-17-28(19-22-12-6-2-7-13-22)20-24-18-26-27-25(24)23-14-8-3-9-15-23/h1-15,24-27H,16-20H2. The predicted octanol–water partition coefficient (Wildman–Crippen LogP) is 4.20. The Hall–Kier alpha value is -2.46. The second-order valence-electron chi connectivity index (χ2n) is 7.63. The van der Waals surface area contributed by atoms with Gasteiger partial charge in [-0.3, -0.25) is 10.3 Å². The molecule has 1 saturated heterocycles. The minimum absolute atomic E-state index is 0.358. The normalized spacial score (nSPS) is 19.2. The number of nitrogens with one attached hydrogen (secondary N) is 2. The van der Waals surface area contributed by atoms with Crippen molar-refractivity contribution in [3.05, 3.63) is 108 Å². The van der Waals surface area contributed by atoms with Gasteiger partial charge in [-0.1, -0.05) is 91.0 Å². The van der Waals surface area contributed by atoms with Crippen LogP contribution in [0.5, 0.6) is 0 Å². The fraction of sp³-hybridized carbons (Fsp3) is 0.280. The summed E-state index contributed by atoms with van der Waals surface area (Å²) >= 11 is 0. The van der Waals surface area contributed by atoms with Gasteiger partial charge in [0, 0.05) is 32.1 Å². The van der Waals surface area contributed by atoms with Crippen LogP contribution in [0.1, 0.15) is 22.7 Å². The zero-order valence-electron chi connectivity index (χ0n) is 16.3. The van der Waals surface area contributed by atoms with Crippen molar-refractivity contribution in [3.63, 3.8) is 0 Å². The molecule has 1 aliphatic heterocycles. The number of nitrogens with zero attached hydrogens (tertiary/aromatic N) is 1. The Morgan fingerprint density at radius 1 is 0.750 bits per heavy atom.